The van der Waals surface area contributed by atoms with Crippen molar-refractivity contribution in [2.45, 2.75) is 13.8 Å². The molecule has 0 aliphatic carbocycles. The summed E-state index contributed by atoms with van der Waals surface area (Å²) in [7, 11) is 1.80. The summed E-state index contributed by atoms with van der Waals surface area (Å²) in [4.78, 5) is 18.4. The number of nitrogens with zero attached hydrogens (tertiary/aromatic N) is 2. The van der Waals surface area contributed by atoms with E-state index >= 15 is 0 Å². The van der Waals surface area contributed by atoms with Crippen molar-refractivity contribution in [1.29, 1.82) is 0 Å². The topological polar surface area (TPSA) is 33.2 Å². The molecule has 0 fully saturated rings. The number of carbonyl (C=O) groups excluding carboxylic acids is 1. The van der Waals surface area contributed by atoms with Crippen LogP contribution >= 0.6 is 15.9 Å². The molecule has 0 atom stereocenters. The average Bonchev–Trinajstić information content (AvgIpc) is 2.45. The van der Waals surface area contributed by atoms with Gasteiger partial charge in [-0.05, 0) is 38.1 Å². The molecule has 0 radical (unpaired) electrons. The van der Waals surface area contributed by atoms with Gasteiger partial charge in [0, 0.05) is 23.6 Å². The highest BCUT2D eigenvalue weighted by Gasteiger charge is 2.14. The Hall–Kier alpha value is -1.68. The number of rotatable bonds is 3. The van der Waals surface area contributed by atoms with Gasteiger partial charge in [0.05, 0.1) is 17.0 Å². The van der Waals surface area contributed by atoms with Crippen LogP contribution in [0.2, 0.25) is 0 Å². The molecule has 3 nitrogen and oxygen atoms in total. The van der Waals surface area contributed by atoms with Gasteiger partial charge in [-0.3, -0.25) is 9.78 Å². The lowest BCUT2D eigenvalue weighted by molar-refractivity contribution is 0.0801. The Labute approximate surface area is 127 Å². The van der Waals surface area contributed by atoms with Gasteiger partial charge in [-0.25, -0.2) is 0 Å². The normalized spacial score (nSPS) is 10.4. The van der Waals surface area contributed by atoms with E-state index in [0.29, 0.717) is 12.1 Å². The monoisotopic (exact) mass is 332 g/mol. The smallest absolute Gasteiger partial charge is 0.255 e. The minimum absolute atomic E-state index is 0.0123. The van der Waals surface area contributed by atoms with Gasteiger partial charge < -0.3 is 4.90 Å². The van der Waals surface area contributed by atoms with Crippen molar-refractivity contribution in [3.63, 3.8) is 0 Å². The average molecular weight is 333 g/mol. The van der Waals surface area contributed by atoms with Crippen LogP contribution in [-0.2, 0) is 0 Å². The maximum Gasteiger partial charge on any atom is 0.255 e. The first-order valence-electron chi connectivity index (χ1n) is 6.52. The molecule has 20 heavy (non-hydrogen) atoms. The number of carbonyl (C=O) groups is 1. The fourth-order valence-corrected chi connectivity index (χ4v) is 2.34. The summed E-state index contributed by atoms with van der Waals surface area (Å²) in [6.45, 7) is 4.51. The molecule has 0 N–H and O–H groups in total. The summed E-state index contributed by atoms with van der Waals surface area (Å²) >= 11 is 3.46. The molecule has 1 aromatic heterocycles. The number of amides is 1. The van der Waals surface area contributed by atoms with Gasteiger partial charge >= 0.3 is 0 Å². The summed E-state index contributed by atoms with van der Waals surface area (Å²) in [6, 6.07) is 11.7. The highest BCUT2D eigenvalue weighted by Crippen LogP contribution is 2.22. The van der Waals surface area contributed by atoms with E-state index < -0.39 is 0 Å². The van der Waals surface area contributed by atoms with Gasteiger partial charge in [-0.2, -0.15) is 0 Å². The van der Waals surface area contributed by atoms with Crippen LogP contribution in [0.4, 0.5) is 0 Å². The van der Waals surface area contributed by atoms with Gasteiger partial charge in [0.1, 0.15) is 0 Å². The molecule has 0 saturated heterocycles. The van der Waals surface area contributed by atoms with Crippen LogP contribution in [0, 0.1) is 6.92 Å². The van der Waals surface area contributed by atoms with Crippen LogP contribution in [0.1, 0.15) is 23.0 Å². The second kappa shape index (κ2) is 6.18. The summed E-state index contributed by atoms with van der Waals surface area (Å²) in [5.74, 6) is 0.0123. The lowest BCUT2D eigenvalue weighted by Gasteiger charge is -2.16. The van der Waals surface area contributed by atoms with Crippen LogP contribution < -0.4 is 0 Å². The van der Waals surface area contributed by atoms with Crippen molar-refractivity contribution in [3.05, 3.63) is 52.1 Å². The van der Waals surface area contributed by atoms with E-state index in [1.807, 2.05) is 50.2 Å². The van der Waals surface area contributed by atoms with Crippen LogP contribution in [0.3, 0.4) is 0 Å². The highest BCUT2D eigenvalue weighted by atomic mass is 79.9. The quantitative estimate of drug-likeness (QED) is 0.853. The van der Waals surface area contributed by atoms with Crippen molar-refractivity contribution >= 4 is 21.8 Å². The van der Waals surface area contributed by atoms with E-state index in [0.717, 1.165) is 21.4 Å². The molecule has 0 unspecified atom stereocenters. The fraction of sp³-hybridized carbons (Fsp3) is 0.250. The lowest BCUT2D eigenvalue weighted by atomic mass is 10.1. The number of hydrogen-bond acceptors (Lipinski definition) is 2. The van der Waals surface area contributed by atoms with E-state index in [4.69, 9.17) is 0 Å². The van der Waals surface area contributed by atoms with Gasteiger partial charge in [0.2, 0.25) is 0 Å². The summed E-state index contributed by atoms with van der Waals surface area (Å²) < 4.78 is 1.01. The highest BCUT2D eigenvalue weighted by molar-refractivity contribution is 9.10. The second-order valence-electron chi connectivity index (χ2n) is 4.66. The van der Waals surface area contributed by atoms with Gasteiger partial charge in [-0.15, -0.1) is 0 Å². The van der Waals surface area contributed by atoms with Crippen molar-refractivity contribution in [2.75, 3.05) is 13.6 Å². The number of halogens is 1. The van der Waals surface area contributed by atoms with Gasteiger partial charge in [-0.1, -0.05) is 28.1 Å². The molecule has 1 aromatic carbocycles. The zero-order valence-electron chi connectivity index (χ0n) is 11.9. The van der Waals surface area contributed by atoms with Crippen molar-refractivity contribution in [3.8, 4) is 11.3 Å². The molecule has 2 aromatic rings. The minimum Gasteiger partial charge on any atom is -0.342 e. The van der Waals surface area contributed by atoms with Gasteiger partial charge in [0.15, 0.2) is 0 Å². The third kappa shape index (κ3) is 3.07. The molecule has 1 heterocycles. The Morgan fingerprint density at radius 3 is 2.65 bits per heavy atom. The zero-order valence-corrected chi connectivity index (χ0v) is 13.4. The predicted octanol–water partition coefficient (Wildman–Crippen LogP) is 3.91. The SMILES string of the molecule is CCN(C)C(=O)c1ccc(-c2cccc(Br)c2)nc1C. The van der Waals surface area contributed by atoms with Crippen LogP contribution in [0.15, 0.2) is 40.9 Å². The molecule has 104 valence electrons. The van der Waals surface area contributed by atoms with E-state index in [1.165, 1.54) is 0 Å². The maximum atomic E-state index is 12.2. The van der Waals surface area contributed by atoms with E-state index in [-0.39, 0.29) is 5.91 Å². The Kier molecular flexibility index (Phi) is 4.55. The van der Waals surface area contributed by atoms with Crippen molar-refractivity contribution in [1.82, 2.24) is 9.88 Å². The standard InChI is InChI=1S/C16H17BrN2O/c1-4-19(3)16(20)14-8-9-15(18-11(14)2)12-6-5-7-13(17)10-12/h5-10H,4H2,1-3H3. The molecule has 4 heteroatoms. The molecule has 1 amide bonds. The van der Waals surface area contributed by atoms with Crippen LogP contribution in [-0.4, -0.2) is 29.4 Å². The summed E-state index contributed by atoms with van der Waals surface area (Å²) in [6.07, 6.45) is 0. The number of hydrogen-bond donors (Lipinski definition) is 0. The molecule has 0 aliphatic heterocycles. The minimum atomic E-state index is 0.0123. The number of aryl methyl sites for hydroxylation is 1. The second-order valence-corrected chi connectivity index (χ2v) is 5.57. The Morgan fingerprint density at radius 2 is 2.05 bits per heavy atom. The molecule has 0 saturated carbocycles. The van der Waals surface area contributed by atoms with Crippen LogP contribution in [0.25, 0.3) is 11.3 Å². The predicted molar refractivity (Wildman–Crippen MR) is 84.7 cm³/mol. The summed E-state index contributed by atoms with van der Waals surface area (Å²) in [5.41, 5.74) is 3.32. The van der Waals surface area contributed by atoms with E-state index in [2.05, 4.69) is 20.9 Å². The Morgan fingerprint density at radius 1 is 1.30 bits per heavy atom. The summed E-state index contributed by atoms with van der Waals surface area (Å²) in [5, 5.41) is 0. The first kappa shape index (κ1) is 14.7. The molecule has 0 spiro atoms. The van der Waals surface area contributed by atoms with Crippen molar-refractivity contribution in [2.24, 2.45) is 0 Å². The first-order chi connectivity index (χ1) is 9.52. The number of pyridine rings is 1. The van der Waals surface area contributed by atoms with Crippen LogP contribution in [0.5, 0.6) is 0 Å². The molecule has 0 bridgehead atoms. The third-order valence-corrected chi connectivity index (χ3v) is 3.75. The number of benzene rings is 1. The Balaban J connectivity index is 2.37. The van der Waals surface area contributed by atoms with Gasteiger partial charge in [0.25, 0.3) is 5.91 Å². The third-order valence-electron chi connectivity index (χ3n) is 3.26. The molecular formula is C16H17BrN2O. The molecule has 0 aliphatic rings. The first-order valence-corrected chi connectivity index (χ1v) is 7.31. The molecular weight excluding hydrogens is 316 g/mol. The Bertz CT molecular complexity index is 640. The fourth-order valence-electron chi connectivity index (χ4n) is 1.94. The van der Waals surface area contributed by atoms with E-state index in [1.54, 1.807) is 11.9 Å². The maximum absolute atomic E-state index is 12.2. The molecule has 2 rings (SSSR count). The van der Waals surface area contributed by atoms with E-state index in [9.17, 15) is 4.79 Å². The number of aromatic nitrogens is 1. The largest absolute Gasteiger partial charge is 0.342 e. The van der Waals surface area contributed by atoms with Crippen molar-refractivity contribution < 1.29 is 4.79 Å². The zero-order chi connectivity index (χ0) is 14.7. The lowest BCUT2D eigenvalue weighted by Crippen LogP contribution is -2.27.